The number of halogens is 1. The van der Waals surface area contributed by atoms with Gasteiger partial charge < -0.3 is 10.6 Å². The summed E-state index contributed by atoms with van der Waals surface area (Å²) in [4.78, 5) is 24.1. The molecule has 0 aromatic carbocycles. The SMILES string of the molecule is CCCNC(=O)C(C)NC(=O)c1cc(C)c(Br)s1. The van der Waals surface area contributed by atoms with Gasteiger partial charge >= 0.3 is 0 Å². The summed E-state index contributed by atoms with van der Waals surface area (Å²) in [6.45, 7) is 6.21. The lowest BCUT2D eigenvalue weighted by Crippen LogP contribution is -2.44. The fourth-order valence-corrected chi connectivity index (χ4v) is 2.74. The zero-order valence-electron chi connectivity index (χ0n) is 10.7. The molecule has 100 valence electrons. The Morgan fingerprint density at radius 1 is 1.50 bits per heavy atom. The molecule has 1 atom stereocenters. The van der Waals surface area contributed by atoms with Gasteiger partial charge in [0.25, 0.3) is 5.91 Å². The minimum absolute atomic E-state index is 0.155. The van der Waals surface area contributed by atoms with E-state index in [1.54, 1.807) is 13.0 Å². The lowest BCUT2D eigenvalue weighted by molar-refractivity contribution is -0.122. The van der Waals surface area contributed by atoms with Gasteiger partial charge in [-0.05, 0) is 47.8 Å². The molecule has 0 fully saturated rings. The van der Waals surface area contributed by atoms with E-state index in [0.29, 0.717) is 11.4 Å². The number of amides is 2. The van der Waals surface area contributed by atoms with Crippen molar-refractivity contribution in [2.24, 2.45) is 0 Å². The van der Waals surface area contributed by atoms with E-state index in [1.165, 1.54) is 11.3 Å². The van der Waals surface area contributed by atoms with Gasteiger partial charge in [-0.25, -0.2) is 0 Å². The first-order chi connectivity index (χ1) is 8.45. The molecule has 0 bridgehead atoms. The van der Waals surface area contributed by atoms with E-state index in [1.807, 2.05) is 13.8 Å². The first-order valence-corrected chi connectivity index (χ1v) is 7.41. The molecule has 4 nitrogen and oxygen atoms in total. The highest BCUT2D eigenvalue weighted by Gasteiger charge is 2.17. The lowest BCUT2D eigenvalue weighted by atomic mass is 10.3. The minimum atomic E-state index is -0.523. The molecule has 2 N–H and O–H groups in total. The quantitative estimate of drug-likeness (QED) is 0.870. The van der Waals surface area contributed by atoms with E-state index in [2.05, 4.69) is 26.6 Å². The summed E-state index contributed by atoms with van der Waals surface area (Å²) < 4.78 is 0.940. The van der Waals surface area contributed by atoms with Crippen LogP contribution in [0.25, 0.3) is 0 Å². The van der Waals surface area contributed by atoms with Crippen molar-refractivity contribution in [3.8, 4) is 0 Å². The highest BCUT2D eigenvalue weighted by atomic mass is 79.9. The summed E-state index contributed by atoms with van der Waals surface area (Å²) >= 11 is 4.74. The Hall–Kier alpha value is -0.880. The summed E-state index contributed by atoms with van der Waals surface area (Å²) in [7, 11) is 0. The van der Waals surface area contributed by atoms with Crippen LogP contribution < -0.4 is 10.6 Å². The summed E-state index contributed by atoms with van der Waals surface area (Å²) in [5.41, 5.74) is 1.02. The second-order valence-corrected chi connectivity index (χ2v) is 6.42. The maximum Gasteiger partial charge on any atom is 0.262 e. The van der Waals surface area contributed by atoms with Gasteiger partial charge in [-0.3, -0.25) is 9.59 Å². The Bertz CT molecular complexity index is 426. The van der Waals surface area contributed by atoms with Gasteiger partial charge in [-0.1, -0.05) is 6.92 Å². The predicted octanol–water partition coefficient (Wildman–Crippen LogP) is 2.46. The number of hydrogen-bond acceptors (Lipinski definition) is 3. The van der Waals surface area contributed by atoms with Crippen molar-refractivity contribution < 1.29 is 9.59 Å². The van der Waals surface area contributed by atoms with Crippen molar-refractivity contribution in [1.82, 2.24) is 10.6 Å². The monoisotopic (exact) mass is 332 g/mol. The second kappa shape index (κ2) is 6.89. The highest BCUT2D eigenvalue weighted by Crippen LogP contribution is 2.27. The molecule has 1 heterocycles. The molecule has 6 heteroatoms. The van der Waals surface area contributed by atoms with Crippen LogP contribution in [0.3, 0.4) is 0 Å². The minimum Gasteiger partial charge on any atom is -0.354 e. The van der Waals surface area contributed by atoms with Crippen LogP contribution in [0.1, 0.15) is 35.5 Å². The van der Waals surface area contributed by atoms with Gasteiger partial charge in [-0.15, -0.1) is 11.3 Å². The summed E-state index contributed by atoms with van der Waals surface area (Å²) in [5, 5.41) is 5.43. The van der Waals surface area contributed by atoms with E-state index in [-0.39, 0.29) is 11.8 Å². The van der Waals surface area contributed by atoms with Gasteiger partial charge in [0, 0.05) is 6.54 Å². The largest absolute Gasteiger partial charge is 0.354 e. The number of carbonyl (C=O) groups excluding carboxylic acids is 2. The third kappa shape index (κ3) is 4.10. The number of hydrogen-bond donors (Lipinski definition) is 2. The average Bonchev–Trinajstić information content (AvgIpc) is 2.66. The van der Waals surface area contributed by atoms with Crippen LogP contribution >= 0.6 is 27.3 Å². The van der Waals surface area contributed by atoms with Crippen molar-refractivity contribution >= 4 is 39.1 Å². The van der Waals surface area contributed by atoms with Crippen molar-refractivity contribution in [1.29, 1.82) is 0 Å². The molecule has 0 saturated heterocycles. The van der Waals surface area contributed by atoms with Crippen LogP contribution in [-0.4, -0.2) is 24.4 Å². The normalized spacial score (nSPS) is 12.0. The van der Waals surface area contributed by atoms with Crippen LogP contribution in [0.4, 0.5) is 0 Å². The molecule has 18 heavy (non-hydrogen) atoms. The zero-order valence-corrected chi connectivity index (χ0v) is 13.1. The highest BCUT2D eigenvalue weighted by molar-refractivity contribution is 9.11. The Morgan fingerprint density at radius 2 is 2.17 bits per heavy atom. The van der Waals surface area contributed by atoms with E-state index in [4.69, 9.17) is 0 Å². The van der Waals surface area contributed by atoms with Gasteiger partial charge in [-0.2, -0.15) is 0 Å². The number of nitrogens with one attached hydrogen (secondary N) is 2. The summed E-state index contributed by atoms with van der Waals surface area (Å²) in [5.74, 6) is -0.370. The summed E-state index contributed by atoms with van der Waals surface area (Å²) in [6.07, 6.45) is 0.878. The van der Waals surface area contributed by atoms with E-state index in [9.17, 15) is 9.59 Å². The van der Waals surface area contributed by atoms with Gasteiger partial charge in [0.05, 0.1) is 8.66 Å². The van der Waals surface area contributed by atoms with Gasteiger partial charge in [0.1, 0.15) is 6.04 Å². The number of aryl methyl sites for hydroxylation is 1. The maximum atomic E-state index is 11.9. The van der Waals surface area contributed by atoms with Crippen LogP contribution in [0, 0.1) is 6.92 Å². The molecular weight excluding hydrogens is 316 g/mol. The van der Waals surface area contributed by atoms with E-state index >= 15 is 0 Å². The van der Waals surface area contributed by atoms with Crippen LogP contribution in [0.2, 0.25) is 0 Å². The van der Waals surface area contributed by atoms with Crippen LogP contribution in [-0.2, 0) is 4.79 Å². The van der Waals surface area contributed by atoms with Gasteiger partial charge in [0.2, 0.25) is 5.91 Å². The Labute approximate surface area is 119 Å². The molecule has 1 rings (SSSR count). The second-order valence-electron chi connectivity index (χ2n) is 4.05. The molecule has 1 unspecified atom stereocenters. The first-order valence-electron chi connectivity index (χ1n) is 5.80. The Morgan fingerprint density at radius 3 is 2.67 bits per heavy atom. The Kier molecular flexibility index (Phi) is 5.81. The van der Waals surface area contributed by atoms with Crippen molar-refractivity contribution in [3.05, 3.63) is 20.3 Å². The zero-order chi connectivity index (χ0) is 13.7. The number of rotatable bonds is 5. The Balaban J connectivity index is 2.56. The molecule has 1 aromatic heterocycles. The van der Waals surface area contributed by atoms with E-state index in [0.717, 1.165) is 15.8 Å². The maximum absolute atomic E-state index is 11.9. The third-order valence-corrected chi connectivity index (χ3v) is 4.51. The number of carbonyl (C=O) groups is 2. The first kappa shape index (κ1) is 15.2. The third-order valence-electron chi connectivity index (χ3n) is 2.37. The molecule has 0 aliphatic carbocycles. The molecule has 0 saturated carbocycles. The smallest absolute Gasteiger partial charge is 0.262 e. The fourth-order valence-electron chi connectivity index (χ4n) is 1.31. The standard InChI is InChI=1S/C12H17BrN2O2S/c1-4-5-14-11(16)8(3)15-12(17)9-6-7(2)10(13)18-9/h6,8H,4-5H2,1-3H3,(H,14,16)(H,15,17). The number of thiophene rings is 1. The predicted molar refractivity (Wildman–Crippen MR) is 77.0 cm³/mol. The molecule has 0 radical (unpaired) electrons. The summed E-state index contributed by atoms with van der Waals surface area (Å²) in [6, 6.07) is 1.28. The molecule has 2 amide bonds. The van der Waals surface area contributed by atoms with Crippen molar-refractivity contribution in [2.75, 3.05) is 6.54 Å². The topological polar surface area (TPSA) is 58.2 Å². The lowest BCUT2D eigenvalue weighted by Gasteiger charge is -2.12. The molecule has 0 aliphatic rings. The van der Waals surface area contributed by atoms with Gasteiger partial charge in [0.15, 0.2) is 0 Å². The molecule has 0 aliphatic heterocycles. The fraction of sp³-hybridized carbons (Fsp3) is 0.500. The van der Waals surface area contributed by atoms with E-state index < -0.39 is 6.04 Å². The van der Waals surface area contributed by atoms with Crippen molar-refractivity contribution in [3.63, 3.8) is 0 Å². The molecule has 0 spiro atoms. The average molecular weight is 333 g/mol. The van der Waals surface area contributed by atoms with Crippen LogP contribution in [0.15, 0.2) is 9.85 Å². The molecule has 1 aromatic rings. The van der Waals surface area contributed by atoms with Crippen molar-refractivity contribution in [2.45, 2.75) is 33.2 Å². The van der Waals surface area contributed by atoms with Crippen LogP contribution in [0.5, 0.6) is 0 Å². The molecular formula is C12H17BrN2O2S.